The average molecular weight is 324 g/mol. The summed E-state index contributed by atoms with van der Waals surface area (Å²) in [5.74, 6) is 0.125. The molecule has 0 aliphatic heterocycles. The molecule has 1 aromatic carbocycles. The van der Waals surface area contributed by atoms with Gasteiger partial charge in [0, 0.05) is 24.5 Å². The Kier molecular flexibility index (Phi) is 5.93. The van der Waals surface area contributed by atoms with Gasteiger partial charge in [-0.2, -0.15) is 4.31 Å². The number of nitrogens with two attached hydrogens (primary N) is 1. The Labute approximate surface area is 130 Å². The van der Waals surface area contributed by atoms with Crippen LogP contribution in [0.4, 0.5) is 0 Å². The minimum absolute atomic E-state index is 0.125. The first-order chi connectivity index (χ1) is 10.1. The Balaban J connectivity index is 2.04. The van der Waals surface area contributed by atoms with E-state index in [9.17, 15) is 8.42 Å². The summed E-state index contributed by atoms with van der Waals surface area (Å²) in [5, 5.41) is 1.96. The molecule has 1 aromatic heterocycles. The number of nitrogens with zero attached hydrogens (tertiary/aromatic N) is 1. The standard InChI is InChI=1S/C15H20N2O2S2/c16-9-10-17(13-14-5-2-1-3-6-14)21(18,19)12-8-15-7-4-11-20-15/h1-7,11H,8-10,12-13,16H2. The smallest absolute Gasteiger partial charge is 0.214 e. The lowest BCUT2D eigenvalue weighted by molar-refractivity contribution is 0.414. The SMILES string of the molecule is NCCN(Cc1ccccc1)S(=O)(=O)CCc1cccs1. The Hall–Kier alpha value is -1.21. The molecule has 2 rings (SSSR count). The van der Waals surface area contributed by atoms with E-state index < -0.39 is 10.0 Å². The maximum atomic E-state index is 12.5. The number of hydrogen-bond acceptors (Lipinski definition) is 4. The fourth-order valence-electron chi connectivity index (χ4n) is 2.06. The number of thiophene rings is 1. The lowest BCUT2D eigenvalue weighted by atomic mass is 10.2. The highest BCUT2D eigenvalue weighted by Gasteiger charge is 2.21. The van der Waals surface area contributed by atoms with Crippen molar-refractivity contribution in [3.63, 3.8) is 0 Å². The van der Waals surface area contributed by atoms with Gasteiger partial charge in [-0.05, 0) is 23.4 Å². The maximum absolute atomic E-state index is 12.5. The quantitative estimate of drug-likeness (QED) is 0.808. The van der Waals surface area contributed by atoms with Crippen LogP contribution in [0.25, 0.3) is 0 Å². The molecule has 0 bridgehead atoms. The van der Waals surface area contributed by atoms with Crippen LogP contribution in [-0.4, -0.2) is 31.6 Å². The van der Waals surface area contributed by atoms with Crippen LogP contribution in [0, 0.1) is 0 Å². The number of rotatable bonds is 8. The third-order valence-corrected chi connectivity index (χ3v) is 5.91. The monoisotopic (exact) mass is 324 g/mol. The van der Waals surface area contributed by atoms with Gasteiger partial charge in [-0.1, -0.05) is 36.4 Å². The van der Waals surface area contributed by atoms with E-state index in [0.29, 0.717) is 26.1 Å². The van der Waals surface area contributed by atoms with Crippen LogP contribution in [0.1, 0.15) is 10.4 Å². The molecule has 6 heteroatoms. The summed E-state index contributed by atoms with van der Waals surface area (Å²) in [6.07, 6.45) is 0.551. The van der Waals surface area contributed by atoms with Crippen LogP contribution in [0.15, 0.2) is 47.8 Å². The Morgan fingerprint density at radius 2 is 1.86 bits per heavy atom. The predicted molar refractivity (Wildman–Crippen MR) is 87.7 cm³/mol. The van der Waals surface area contributed by atoms with Gasteiger partial charge in [-0.25, -0.2) is 8.42 Å². The third-order valence-electron chi connectivity index (χ3n) is 3.16. The summed E-state index contributed by atoms with van der Waals surface area (Å²) in [6, 6.07) is 13.5. The molecule has 0 amide bonds. The summed E-state index contributed by atoms with van der Waals surface area (Å²) in [4.78, 5) is 1.09. The van der Waals surface area contributed by atoms with Gasteiger partial charge in [0.25, 0.3) is 0 Å². The molecule has 0 saturated heterocycles. The van der Waals surface area contributed by atoms with Gasteiger partial charge in [0.15, 0.2) is 0 Å². The van der Waals surface area contributed by atoms with Crippen LogP contribution < -0.4 is 5.73 Å². The van der Waals surface area contributed by atoms with Crippen molar-refractivity contribution < 1.29 is 8.42 Å². The van der Waals surface area contributed by atoms with Gasteiger partial charge >= 0.3 is 0 Å². The minimum atomic E-state index is -3.30. The van der Waals surface area contributed by atoms with Gasteiger partial charge < -0.3 is 5.73 Å². The molecule has 2 N–H and O–H groups in total. The van der Waals surface area contributed by atoms with Gasteiger partial charge in [0.2, 0.25) is 10.0 Å². The highest BCUT2D eigenvalue weighted by atomic mass is 32.2. The molecule has 2 aromatic rings. The first kappa shape index (κ1) is 16.2. The van der Waals surface area contributed by atoms with Crippen molar-refractivity contribution in [2.75, 3.05) is 18.8 Å². The van der Waals surface area contributed by atoms with E-state index >= 15 is 0 Å². The number of sulfonamides is 1. The van der Waals surface area contributed by atoms with Crippen molar-refractivity contribution in [2.24, 2.45) is 5.73 Å². The normalized spacial score (nSPS) is 11.9. The molecule has 0 aliphatic carbocycles. The third kappa shape index (κ3) is 4.93. The van der Waals surface area contributed by atoms with Gasteiger partial charge in [-0.3, -0.25) is 0 Å². The molecule has 1 heterocycles. The van der Waals surface area contributed by atoms with Crippen LogP contribution in [0.2, 0.25) is 0 Å². The molecule has 4 nitrogen and oxygen atoms in total. The fraction of sp³-hybridized carbons (Fsp3) is 0.333. The Bertz CT molecular complexity index is 625. The van der Waals surface area contributed by atoms with Gasteiger partial charge in [0.1, 0.15) is 0 Å². The van der Waals surface area contributed by atoms with Crippen molar-refractivity contribution in [3.05, 3.63) is 58.3 Å². The lowest BCUT2D eigenvalue weighted by Crippen LogP contribution is -2.36. The molecule has 0 saturated carbocycles. The highest BCUT2D eigenvalue weighted by molar-refractivity contribution is 7.89. The van der Waals surface area contributed by atoms with Crippen molar-refractivity contribution in [1.82, 2.24) is 4.31 Å². The van der Waals surface area contributed by atoms with E-state index in [-0.39, 0.29) is 5.75 Å². The van der Waals surface area contributed by atoms with Crippen LogP contribution >= 0.6 is 11.3 Å². The van der Waals surface area contributed by atoms with Crippen molar-refractivity contribution >= 4 is 21.4 Å². The molecule has 0 unspecified atom stereocenters. The zero-order valence-electron chi connectivity index (χ0n) is 11.8. The summed E-state index contributed by atoms with van der Waals surface area (Å²) in [6.45, 7) is 1.05. The molecule has 0 fully saturated rings. The van der Waals surface area contributed by atoms with Gasteiger partial charge in [-0.15, -0.1) is 11.3 Å². The first-order valence-electron chi connectivity index (χ1n) is 6.86. The highest BCUT2D eigenvalue weighted by Crippen LogP contribution is 2.14. The van der Waals surface area contributed by atoms with E-state index in [0.717, 1.165) is 10.4 Å². The lowest BCUT2D eigenvalue weighted by Gasteiger charge is -2.21. The second-order valence-corrected chi connectivity index (χ2v) is 7.87. The summed E-state index contributed by atoms with van der Waals surface area (Å²) < 4.78 is 26.5. The molecule has 0 radical (unpaired) electrons. The van der Waals surface area contributed by atoms with Gasteiger partial charge in [0.05, 0.1) is 5.75 Å². The molecular formula is C15H20N2O2S2. The summed E-state index contributed by atoms with van der Waals surface area (Å²) in [7, 11) is -3.30. The maximum Gasteiger partial charge on any atom is 0.214 e. The Morgan fingerprint density at radius 3 is 2.48 bits per heavy atom. The van der Waals surface area contributed by atoms with Crippen LogP contribution in [-0.2, 0) is 23.0 Å². The molecule has 0 spiro atoms. The average Bonchev–Trinajstić information content (AvgIpc) is 2.99. The molecular weight excluding hydrogens is 304 g/mol. The van der Waals surface area contributed by atoms with E-state index in [1.54, 1.807) is 11.3 Å². The molecule has 0 aliphatic rings. The second-order valence-electron chi connectivity index (χ2n) is 4.75. The fourth-order valence-corrected chi connectivity index (χ4v) is 4.36. The van der Waals surface area contributed by atoms with E-state index in [2.05, 4.69) is 0 Å². The van der Waals surface area contributed by atoms with Crippen molar-refractivity contribution in [3.8, 4) is 0 Å². The number of hydrogen-bond donors (Lipinski definition) is 1. The van der Waals surface area contributed by atoms with E-state index in [1.807, 2.05) is 47.8 Å². The largest absolute Gasteiger partial charge is 0.329 e. The van der Waals surface area contributed by atoms with Crippen molar-refractivity contribution in [2.45, 2.75) is 13.0 Å². The van der Waals surface area contributed by atoms with Crippen molar-refractivity contribution in [1.29, 1.82) is 0 Å². The van der Waals surface area contributed by atoms with E-state index in [1.165, 1.54) is 4.31 Å². The minimum Gasteiger partial charge on any atom is -0.329 e. The predicted octanol–water partition coefficient (Wildman–Crippen LogP) is 2.08. The van der Waals surface area contributed by atoms with Crippen LogP contribution in [0.5, 0.6) is 0 Å². The summed E-state index contributed by atoms with van der Waals surface area (Å²) in [5.41, 5.74) is 6.54. The zero-order valence-corrected chi connectivity index (χ0v) is 13.4. The molecule has 114 valence electrons. The number of benzene rings is 1. The second kappa shape index (κ2) is 7.70. The Morgan fingerprint density at radius 1 is 1.10 bits per heavy atom. The van der Waals surface area contributed by atoms with Crippen LogP contribution in [0.3, 0.4) is 0 Å². The molecule has 0 atom stereocenters. The molecule has 21 heavy (non-hydrogen) atoms. The number of aryl methyl sites for hydroxylation is 1. The first-order valence-corrected chi connectivity index (χ1v) is 9.35. The zero-order chi connectivity index (χ0) is 15.1. The topological polar surface area (TPSA) is 63.4 Å². The summed E-state index contributed by atoms with van der Waals surface area (Å²) >= 11 is 1.59. The van der Waals surface area contributed by atoms with E-state index in [4.69, 9.17) is 5.73 Å².